The molecule has 0 aliphatic carbocycles. The fourth-order valence-electron chi connectivity index (χ4n) is 2.18. The minimum Gasteiger partial charge on any atom is -0.490 e. The van der Waals surface area contributed by atoms with Gasteiger partial charge >= 0.3 is 0 Å². The summed E-state index contributed by atoms with van der Waals surface area (Å²) in [6.07, 6.45) is 1.94. The van der Waals surface area contributed by atoms with Crippen LogP contribution in [-0.4, -0.2) is 13.2 Å². The zero-order chi connectivity index (χ0) is 16.5. The molecule has 124 valence electrons. The summed E-state index contributed by atoms with van der Waals surface area (Å²) in [6.45, 7) is 6.27. The van der Waals surface area contributed by atoms with E-state index in [0.717, 1.165) is 41.3 Å². The number of anilines is 2. The maximum atomic E-state index is 5.81. The molecular formula is C19H26N2O2. The summed E-state index contributed by atoms with van der Waals surface area (Å²) in [4.78, 5) is 0. The molecule has 0 saturated carbocycles. The smallest absolute Gasteiger partial charge is 0.163 e. The first-order valence-corrected chi connectivity index (χ1v) is 8.20. The Morgan fingerprint density at radius 2 is 1.65 bits per heavy atom. The number of nitrogens with one attached hydrogen (secondary N) is 1. The fraction of sp³-hybridized carbons (Fsp3) is 0.368. The molecule has 2 aromatic carbocycles. The van der Waals surface area contributed by atoms with Gasteiger partial charge in [0.2, 0.25) is 0 Å². The van der Waals surface area contributed by atoms with Crippen molar-refractivity contribution < 1.29 is 9.47 Å². The summed E-state index contributed by atoms with van der Waals surface area (Å²) in [5.41, 5.74) is 8.73. The van der Waals surface area contributed by atoms with E-state index in [1.165, 1.54) is 0 Å². The van der Waals surface area contributed by atoms with Crippen molar-refractivity contribution >= 4 is 11.4 Å². The van der Waals surface area contributed by atoms with Gasteiger partial charge in [-0.1, -0.05) is 26.0 Å². The Hall–Kier alpha value is -2.36. The van der Waals surface area contributed by atoms with Gasteiger partial charge in [0, 0.05) is 24.0 Å². The van der Waals surface area contributed by atoms with Gasteiger partial charge in [0.1, 0.15) is 0 Å². The third-order valence-corrected chi connectivity index (χ3v) is 3.31. The summed E-state index contributed by atoms with van der Waals surface area (Å²) in [7, 11) is 0. The monoisotopic (exact) mass is 314 g/mol. The molecule has 0 aliphatic rings. The van der Waals surface area contributed by atoms with Crippen LogP contribution in [0.15, 0.2) is 42.5 Å². The van der Waals surface area contributed by atoms with Crippen molar-refractivity contribution in [1.82, 2.24) is 0 Å². The second kappa shape index (κ2) is 8.93. The van der Waals surface area contributed by atoms with Gasteiger partial charge in [0.05, 0.1) is 13.2 Å². The van der Waals surface area contributed by atoms with Crippen molar-refractivity contribution in [3.8, 4) is 11.5 Å². The molecule has 4 nitrogen and oxygen atoms in total. The Morgan fingerprint density at radius 3 is 2.35 bits per heavy atom. The predicted octanol–water partition coefficient (Wildman–Crippen LogP) is 4.46. The highest BCUT2D eigenvalue weighted by Gasteiger charge is 2.07. The maximum absolute atomic E-state index is 5.81. The highest BCUT2D eigenvalue weighted by molar-refractivity contribution is 5.55. The number of benzene rings is 2. The Labute approximate surface area is 138 Å². The van der Waals surface area contributed by atoms with Gasteiger partial charge in [0.25, 0.3) is 0 Å². The molecule has 0 unspecified atom stereocenters. The molecule has 0 radical (unpaired) electrons. The molecule has 3 N–H and O–H groups in total. The molecular weight excluding hydrogens is 288 g/mol. The standard InChI is InChI=1S/C19H26N2O2/c1-3-10-22-18-9-8-17(13-19(18)23-11-4-2)21-14-15-6-5-7-16(20)12-15/h5-9,12-13,21H,3-4,10-11,14,20H2,1-2H3. The largest absolute Gasteiger partial charge is 0.490 e. The number of hydrogen-bond acceptors (Lipinski definition) is 4. The van der Waals surface area contributed by atoms with Crippen LogP contribution in [0, 0.1) is 0 Å². The quantitative estimate of drug-likeness (QED) is 0.671. The van der Waals surface area contributed by atoms with Gasteiger partial charge in [-0.2, -0.15) is 0 Å². The van der Waals surface area contributed by atoms with Gasteiger partial charge in [-0.05, 0) is 42.7 Å². The van der Waals surface area contributed by atoms with Crippen molar-refractivity contribution in [2.45, 2.75) is 33.2 Å². The van der Waals surface area contributed by atoms with Crippen LogP contribution in [0.25, 0.3) is 0 Å². The zero-order valence-electron chi connectivity index (χ0n) is 14.0. The summed E-state index contributed by atoms with van der Waals surface area (Å²) >= 11 is 0. The molecule has 0 atom stereocenters. The first kappa shape index (κ1) is 17.0. The lowest BCUT2D eigenvalue weighted by Crippen LogP contribution is -2.04. The lowest BCUT2D eigenvalue weighted by molar-refractivity contribution is 0.268. The normalized spacial score (nSPS) is 10.3. The first-order valence-electron chi connectivity index (χ1n) is 8.20. The Kier molecular flexibility index (Phi) is 6.60. The minimum atomic E-state index is 0.682. The average Bonchev–Trinajstić information content (AvgIpc) is 2.57. The summed E-state index contributed by atoms with van der Waals surface area (Å²) in [5, 5.41) is 3.40. The van der Waals surface area contributed by atoms with E-state index in [1.54, 1.807) is 0 Å². The predicted molar refractivity (Wildman–Crippen MR) is 96.2 cm³/mol. The van der Waals surface area contributed by atoms with E-state index in [1.807, 2.05) is 36.4 Å². The molecule has 0 bridgehead atoms. The topological polar surface area (TPSA) is 56.5 Å². The van der Waals surface area contributed by atoms with Crippen LogP contribution in [0.3, 0.4) is 0 Å². The molecule has 4 heteroatoms. The van der Waals surface area contributed by atoms with Crippen LogP contribution in [0.4, 0.5) is 11.4 Å². The summed E-state index contributed by atoms with van der Waals surface area (Å²) < 4.78 is 11.6. The number of ether oxygens (including phenoxy) is 2. The highest BCUT2D eigenvalue weighted by Crippen LogP contribution is 2.31. The van der Waals surface area contributed by atoms with E-state index >= 15 is 0 Å². The van der Waals surface area contributed by atoms with Gasteiger partial charge < -0.3 is 20.5 Å². The number of rotatable bonds is 9. The third kappa shape index (κ3) is 5.40. The van der Waals surface area contributed by atoms with Crippen molar-refractivity contribution in [1.29, 1.82) is 0 Å². The molecule has 0 amide bonds. The summed E-state index contributed by atoms with van der Waals surface area (Å²) in [5.74, 6) is 1.59. The molecule has 2 rings (SSSR count). The van der Waals surface area contributed by atoms with Crippen LogP contribution >= 0.6 is 0 Å². The van der Waals surface area contributed by atoms with E-state index < -0.39 is 0 Å². The molecule has 0 aromatic heterocycles. The fourth-order valence-corrected chi connectivity index (χ4v) is 2.18. The lowest BCUT2D eigenvalue weighted by Gasteiger charge is -2.14. The van der Waals surface area contributed by atoms with Gasteiger partial charge in [0.15, 0.2) is 11.5 Å². The van der Waals surface area contributed by atoms with Crippen LogP contribution in [0.1, 0.15) is 32.3 Å². The van der Waals surface area contributed by atoms with E-state index in [9.17, 15) is 0 Å². The Balaban J connectivity index is 2.06. The molecule has 0 fully saturated rings. The van der Waals surface area contributed by atoms with Crippen LogP contribution < -0.4 is 20.5 Å². The van der Waals surface area contributed by atoms with Gasteiger partial charge in [-0.3, -0.25) is 0 Å². The van der Waals surface area contributed by atoms with Crippen molar-refractivity contribution in [2.24, 2.45) is 0 Å². The summed E-state index contributed by atoms with van der Waals surface area (Å²) in [6, 6.07) is 13.8. The first-order chi connectivity index (χ1) is 11.2. The maximum Gasteiger partial charge on any atom is 0.163 e. The molecule has 0 aliphatic heterocycles. The van der Waals surface area contributed by atoms with Crippen LogP contribution in [0.2, 0.25) is 0 Å². The number of nitrogens with two attached hydrogens (primary N) is 1. The Bertz CT molecular complexity index is 614. The zero-order valence-corrected chi connectivity index (χ0v) is 14.0. The minimum absolute atomic E-state index is 0.682. The third-order valence-electron chi connectivity index (χ3n) is 3.31. The average molecular weight is 314 g/mol. The van der Waals surface area contributed by atoms with Crippen molar-refractivity contribution in [3.05, 3.63) is 48.0 Å². The second-order valence-corrected chi connectivity index (χ2v) is 5.46. The molecule has 2 aromatic rings. The number of nitrogen functional groups attached to an aromatic ring is 1. The highest BCUT2D eigenvalue weighted by atomic mass is 16.5. The lowest BCUT2D eigenvalue weighted by atomic mass is 10.2. The van der Waals surface area contributed by atoms with Gasteiger partial charge in [-0.15, -0.1) is 0 Å². The molecule has 0 saturated heterocycles. The molecule has 0 heterocycles. The van der Waals surface area contributed by atoms with E-state index in [2.05, 4.69) is 25.2 Å². The van der Waals surface area contributed by atoms with Crippen LogP contribution in [0.5, 0.6) is 11.5 Å². The number of hydrogen-bond donors (Lipinski definition) is 2. The molecule has 23 heavy (non-hydrogen) atoms. The Morgan fingerprint density at radius 1 is 0.913 bits per heavy atom. The van der Waals surface area contributed by atoms with Gasteiger partial charge in [-0.25, -0.2) is 0 Å². The SMILES string of the molecule is CCCOc1ccc(NCc2cccc(N)c2)cc1OCCC. The van der Waals surface area contributed by atoms with Crippen molar-refractivity contribution in [2.75, 3.05) is 24.3 Å². The second-order valence-electron chi connectivity index (χ2n) is 5.46. The van der Waals surface area contributed by atoms with E-state index in [-0.39, 0.29) is 0 Å². The van der Waals surface area contributed by atoms with Crippen LogP contribution in [-0.2, 0) is 6.54 Å². The van der Waals surface area contributed by atoms with E-state index in [0.29, 0.717) is 19.8 Å². The van der Waals surface area contributed by atoms with Crippen molar-refractivity contribution in [3.63, 3.8) is 0 Å². The molecule has 0 spiro atoms. The van der Waals surface area contributed by atoms with E-state index in [4.69, 9.17) is 15.2 Å².